The Kier molecular flexibility index (Phi) is 5.31. The number of amides is 1. The molecule has 1 unspecified atom stereocenters. The second kappa shape index (κ2) is 7.70. The summed E-state index contributed by atoms with van der Waals surface area (Å²) in [5.74, 6) is -0.251. The van der Waals surface area contributed by atoms with Crippen LogP contribution in [0.2, 0.25) is 0 Å². The van der Waals surface area contributed by atoms with Crippen LogP contribution in [0.25, 0.3) is 0 Å². The van der Waals surface area contributed by atoms with Crippen LogP contribution in [0.15, 0.2) is 47.2 Å². The molecule has 7 nitrogen and oxygen atoms in total. The van der Waals surface area contributed by atoms with Crippen LogP contribution >= 0.6 is 0 Å². The molecular formula is C22H21N5O2. The van der Waals surface area contributed by atoms with Gasteiger partial charge in [0.15, 0.2) is 6.61 Å². The van der Waals surface area contributed by atoms with Gasteiger partial charge in [0.25, 0.3) is 5.91 Å². The molecule has 0 fully saturated rings. The molecule has 4 N–H and O–H groups in total. The van der Waals surface area contributed by atoms with Crippen molar-refractivity contribution in [1.29, 1.82) is 15.8 Å². The summed E-state index contributed by atoms with van der Waals surface area (Å²) in [7, 11) is 0. The molecule has 3 atom stereocenters. The van der Waals surface area contributed by atoms with Gasteiger partial charge in [-0.3, -0.25) is 4.79 Å². The summed E-state index contributed by atoms with van der Waals surface area (Å²) in [5, 5.41) is 29.5. The van der Waals surface area contributed by atoms with Gasteiger partial charge in [0.05, 0.1) is 29.5 Å². The van der Waals surface area contributed by atoms with E-state index in [1.807, 2.05) is 18.2 Å². The number of nitriles is 3. The normalized spacial score (nSPS) is 24.9. The van der Waals surface area contributed by atoms with E-state index in [1.54, 1.807) is 12.1 Å². The molecule has 0 aromatic heterocycles. The average molecular weight is 387 g/mol. The Morgan fingerprint density at radius 1 is 1.24 bits per heavy atom. The molecule has 1 amide bonds. The zero-order valence-corrected chi connectivity index (χ0v) is 16.1. The number of primary amides is 1. The quantitative estimate of drug-likeness (QED) is 0.757. The first kappa shape index (κ1) is 20.0. The van der Waals surface area contributed by atoms with Crippen LogP contribution in [0, 0.1) is 51.2 Å². The van der Waals surface area contributed by atoms with Gasteiger partial charge in [0.2, 0.25) is 5.41 Å². The minimum Gasteiger partial charge on any atom is -0.484 e. The van der Waals surface area contributed by atoms with E-state index >= 15 is 0 Å². The Bertz CT molecular complexity index is 1000. The number of hydrogen-bond acceptors (Lipinski definition) is 6. The molecule has 29 heavy (non-hydrogen) atoms. The number of allylic oxidation sites excluding steroid dienone is 3. The highest BCUT2D eigenvalue weighted by Gasteiger charge is 2.52. The van der Waals surface area contributed by atoms with Gasteiger partial charge < -0.3 is 16.2 Å². The number of ether oxygens (including phenoxy) is 1. The van der Waals surface area contributed by atoms with Gasteiger partial charge in [-0.2, -0.15) is 15.8 Å². The summed E-state index contributed by atoms with van der Waals surface area (Å²) in [6.45, 7) is 1.89. The fraction of sp³-hybridized carbons (Fsp3) is 0.364. The van der Waals surface area contributed by atoms with Crippen LogP contribution in [-0.2, 0) is 4.79 Å². The predicted molar refractivity (Wildman–Crippen MR) is 104 cm³/mol. The third kappa shape index (κ3) is 3.30. The van der Waals surface area contributed by atoms with Gasteiger partial charge in [0.1, 0.15) is 5.75 Å². The lowest BCUT2D eigenvalue weighted by molar-refractivity contribution is -0.119. The number of benzene rings is 1. The zero-order valence-electron chi connectivity index (χ0n) is 16.1. The number of carbonyl (C=O) groups excluding carboxylic acids is 1. The third-order valence-electron chi connectivity index (χ3n) is 5.71. The van der Waals surface area contributed by atoms with E-state index in [0.717, 1.165) is 18.4 Å². The van der Waals surface area contributed by atoms with E-state index in [1.165, 1.54) is 0 Å². The van der Waals surface area contributed by atoms with Crippen LogP contribution < -0.4 is 16.2 Å². The van der Waals surface area contributed by atoms with Crippen LogP contribution in [0.3, 0.4) is 0 Å². The second-order valence-corrected chi connectivity index (χ2v) is 7.56. The Balaban J connectivity index is 2.11. The van der Waals surface area contributed by atoms with E-state index in [4.69, 9.17) is 16.2 Å². The van der Waals surface area contributed by atoms with Crippen molar-refractivity contribution >= 4 is 5.91 Å². The van der Waals surface area contributed by atoms with E-state index in [9.17, 15) is 20.6 Å². The van der Waals surface area contributed by atoms with Crippen molar-refractivity contribution in [1.82, 2.24) is 0 Å². The summed E-state index contributed by atoms with van der Waals surface area (Å²) >= 11 is 0. The molecule has 1 aromatic rings. The molecular weight excluding hydrogens is 366 g/mol. The topological polar surface area (TPSA) is 150 Å². The molecule has 0 bridgehead atoms. The Hall–Kier alpha value is -3.76. The Morgan fingerprint density at radius 2 is 1.90 bits per heavy atom. The average Bonchev–Trinajstić information content (AvgIpc) is 2.72. The lowest BCUT2D eigenvalue weighted by atomic mass is 9.57. The van der Waals surface area contributed by atoms with Crippen molar-refractivity contribution < 1.29 is 9.53 Å². The monoisotopic (exact) mass is 387 g/mol. The summed E-state index contributed by atoms with van der Waals surface area (Å²) in [6.07, 6.45) is 3.46. The van der Waals surface area contributed by atoms with Crippen molar-refractivity contribution in [2.24, 2.45) is 28.7 Å². The molecule has 7 heteroatoms. The maximum absolute atomic E-state index is 10.9. The number of fused-ring (bicyclic) bond motifs is 1. The molecule has 3 rings (SSSR count). The van der Waals surface area contributed by atoms with Crippen molar-refractivity contribution in [2.45, 2.75) is 25.7 Å². The van der Waals surface area contributed by atoms with Crippen molar-refractivity contribution in [3.8, 4) is 24.0 Å². The molecule has 0 saturated heterocycles. The highest BCUT2D eigenvalue weighted by Crippen LogP contribution is 2.55. The van der Waals surface area contributed by atoms with Gasteiger partial charge in [-0.15, -0.1) is 0 Å². The highest BCUT2D eigenvalue weighted by atomic mass is 16.5. The maximum atomic E-state index is 10.9. The van der Waals surface area contributed by atoms with Crippen LogP contribution in [-0.4, -0.2) is 12.5 Å². The number of hydrogen-bond donors (Lipinski definition) is 2. The minimum atomic E-state index is -1.60. The van der Waals surface area contributed by atoms with Crippen LogP contribution in [0.1, 0.15) is 31.2 Å². The van der Waals surface area contributed by atoms with Gasteiger partial charge in [-0.1, -0.05) is 25.1 Å². The molecule has 0 aliphatic heterocycles. The Morgan fingerprint density at radius 3 is 2.45 bits per heavy atom. The smallest absolute Gasteiger partial charge is 0.255 e. The number of rotatable bonds is 4. The molecule has 146 valence electrons. The first-order valence-electron chi connectivity index (χ1n) is 9.32. The molecule has 2 aliphatic rings. The first-order chi connectivity index (χ1) is 13.9. The fourth-order valence-corrected chi connectivity index (χ4v) is 4.34. The van der Waals surface area contributed by atoms with Crippen molar-refractivity contribution in [3.05, 3.63) is 52.7 Å². The fourth-order valence-electron chi connectivity index (χ4n) is 4.34. The predicted octanol–water partition coefficient (Wildman–Crippen LogP) is 2.39. The highest BCUT2D eigenvalue weighted by molar-refractivity contribution is 5.75. The molecule has 0 radical (unpaired) electrons. The number of nitrogens with zero attached hydrogens (tertiary/aromatic N) is 3. The SMILES string of the molecule is CC1CC=C2[C@@H](C1)[C@H](c1ccc(OCC(N)=O)cc1)C(C#N)=C(N)C2(C#N)C#N. The van der Waals surface area contributed by atoms with Gasteiger partial charge >= 0.3 is 0 Å². The largest absolute Gasteiger partial charge is 0.484 e. The molecule has 1 aromatic carbocycles. The lowest BCUT2D eigenvalue weighted by Gasteiger charge is -2.43. The van der Waals surface area contributed by atoms with E-state index in [2.05, 4.69) is 25.1 Å². The standard InChI is InChI=1S/C22H21N5O2/c1-13-2-7-18-16(8-13)20(17(9-23)21(27)22(18,11-24)12-25)14-3-5-15(6-4-14)29-10-19(26)28/h3-7,13,16,20H,2,8,10,27H2,1H3,(H2,26,28)/t13?,16-,20+/m1/s1. The zero-order chi connectivity index (χ0) is 21.2. The van der Waals surface area contributed by atoms with Crippen molar-refractivity contribution in [3.63, 3.8) is 0 Å². The van der Waals surface area contributed by atoms with E-state index < -0.39 is 11.3 Å². The van der Waals surface area contributed by atoms with Gasteiger partial charge in [0, 0.05) is 5.92 Å². The van der Waals surface area contributed by atoms with Gasteiger partial charge in [-0.05, 0) is 47.9 Å². The molecule has 2 aliphatic carbocycles. The van der Waals surface area contributed by atoms with E-state index in [-0.39, 0.29) is 29.7 Å². The van der Waals surface area contributed by atoms with E-state index in [0.29, 0.717) is 17.2 Å². The first-order valence-corrected chi connectivity index (χ1v) is 9.32. The van der Waals surface area contributed by atoms with Crippen LogP contribution in [0.4, 0.5) is 0 Å². The molecule has 0 heterocycles. The summed E-state index contributed by atoms with van der Waals surface area (Å²) in [6, 6.07) is 13.3. The molecule has 0 saturated carbocycles. The number of nitrogens with two attached hydrogens (primary N) is 2. The Labute approximate surface area is 169 Å². The summed E-state index contributed by atoms with van der Waals surface area (Å²) in [5.41, 5.74) is 11.6. The van der Waals surface area contributed by atoms with Gasteiger partial charge in [-0.25, -0.2) is 0 Å². The third-order valence-corrected chi connectivity index (χ3v) is 5.71. The minimum absolute atomic E-state index is 0.0149. The van der Waals surface area contributed by atoms with Crippen LogP contribution in [0.5, 0.6) is 5.75 Å². The molecule has 0 spiro atoms. The number of carbonyl (C=O) groups is 1. The second-order valence-electron chi connectivity index (χ2n) is 7.56. The lowest BCUT2D eigenvalue weighted by Crippen LogP contribution is -2.41. The summed E-state index contributed by atoms with van der Waals surface area (Å²) < 4.78 is 5.30. The van der Waals surface area contributed by atoms with Crippen molar-refractivity contribution in [2.75, 3.05) is 6.61 Å². The summed E-state index contributed by atoms with van der Waals surface area (Å²) in [4.78, 5) is 10.9. The maximum Gasteiger partial charge on any atom is 0.255 e.